The Morgan fingerprint density at radius 1 is 1.00 bits per heavy atom. The zero-order chi connectivity index (χ0) is 17.9. The van der Waals surface area contributed by atoms with Crippen LogP contribution in [0.5, 0.6) is 5.75 Å². The summed E-state index contributed by atoms with van der Waals surface area (Å²) in [5, 5.41) is 9.97. The quantitative estimate of drug-likeness (QED) is 0.816. The van der Waals surface area contributed by atoms with E-state index in [0.717, 1.165) is 24.3 Å². The molecule has 1 N–H and O–H groups in total. The summed E-state index contributed by atoms with van der Waals surface area (Å²) in [6.07, 6.45) is 0. The molecule has 0 heterocycles. The summed E-state index contributed by atoms with van der Waals surface area (Å²) >= 11 is 0. The molecule has 126 valence electrons. The number of aromatic hydroxyl groups is 1. The van der Waals surface area contributed by atoms with Gasteiger partial charge in [-0.15, -0.1) is 0 Å². The molecule has 0 aliphatic heterocycles. The number of rotatable bonds is 6. The number of carbonyl (C=O) groups is 2. The van der Waals surface area contributed by atoms with Crippen LogP contribution in [0.25, 0.3) is 0 Å². The summed E-state index contributed by atoms with van der Waals surface area (Å²) in [5.41, 5.74) is 2.90. The maximum atomic E-state index is 12.7. The first kappa shape index (κ1) is 17.7. The molecule has 0 radical (unpaired) electrons. The van der Waals surface area contributed by atoms with Crippen LogP contribution >= 0.6 is 0 Å². The number of hydrogen-bond donors (Lipinski definition) is 1. The third-order valence-electron chi connectivity index (χ3n) is 4.14. The number of carbonyl (C=O) groups excluding carboxylic acids is 2. The molecule has 0 aliphatic rings. The average Bonchev–Trinajstić information content (AvgIpc) is 2.57. The SMILES string of the molecule is CCN(CC)c1ccc(C(=O)c2cc(C)ccc2O)cc1C(C)=O. The Labute approximate surface area is 142 Å². The molecule has 0 atom stereocenters. The van der Waals surface area contributed by atoms with E-state index >= 15 is 0 Å². The predicted molar refractivity (Wildman–Crippen MR) is 96.3 cm³/mol. The summed E-state index contributed by atoms with van der Waals surface area (Å²) in [7, 11) is 0. The van der Waals surface area contributed by atoms with Crippen LogP contribution in [-0.2, 0) is 0 Å². The molecule has 0 saturated heterocycles. The molecule has 2 rings (SSSR count). The fourth-order valence-corrected chi connectivity index (χ4v) is 2.79. The van der Waals surface area contributed by atoms with Gasteiger partial charge in [0.25, 0.3) is 0 Å². The Balaban J connectivity index is 2.52. The zero-order valence-electron chi connectivity index (χ0n) is 14.6. The van der Waals surface area contributed by atoms with Gasteiger partial charge in [-0.2, -0.15) is 0 Å². The number of Topliss-reactive ketones (excluding diaryl/α,β-unsaturated/α-hetero) is 1. The van der Waals surface area contributed by atoms with Crippen molar-refractivity contribution in [1.82, 2.24) is 0 Å². The number of nitrogens with zero attached hydrogens (tertiary/aromatic N) is 1. The van der Waals surface area contributed by atoms with Gasteiger partial charge < -0.3 is 10.0 Å². The second-order valence-corrected chi connectivity index (χ2v) is 5.81. The summed E-state index contributed by atoms with van der Waals surface area (Å²) in [5.74, 6) is -0.424. The van der Waals surface area contributed by atoms with E-state index in [9.17, 15) is 14.7 Å². The smallest absolute Gasteiger partial charge is 0.196 e. The number of benzene rings is 2. The molecule has 0 aromatic heterocycles. The van der Waals surface area contributed by atoms with E-state index < -0.39 is 0 Å². The molecule has 0 bridgehead atoms. The normalized spacial score (nSPS) is 10.5. The van der Waals surface area contributed by atoms with Gasteiger partial charge in [-0.3, -0.25) is 9.59 Å². The van der Waals surface area contributed by atoms with Gasteiger partial charge >= 0.3 is 0 Å². The lowest BCUT2D eigenvalue weighted by Crippen LogP contribution is -2.24. The first-order valence-corrected chi connectivity index (χ1v) is 8.13. The number of hydrogen-bond acceptors (Lipinski definition) is 4. The van der Waals surface area contributed by atoms with Crippen LogP contribution in [0.4, 0.5) is 5.69 Å². The molecule has 0 saturated carbocycles. The van der Waals surface area contributed by atoms with Gasteiger partial charge in [0.15, 0.2) is 11.6 Å². The Morgan fingerprint density at radius 2 is 1.67 bits per heavy atom. The monoisotopic (exact) mass is 325 g/mol. The predicted octanol–water partition coefficient (Wildman–Crippen LogP) is 3.98. The highest BCUT2D eigenvalue weighted by molar-refractivity contribution is 6.12. The third kappa shape index (κ3) is 3.48. The van der Waals surface area contributed by atoms with Crippen LogP contribution in [0.3, 0.4) is 0 Å². The van der Waals surface area contributed by atoms with Crippen molar-refractivity contribution in [1.29, 1.82) is 0 Å². The van der Waals surface area contributed by atoms with Crippen molar-refractivity contribution < 1.29 is 14.7 Å². The highest BCUT2D eigenvalue weighted by Crippen LogP contribution is 2.26. The minimum atomic E-state index is -0.287. The molecule has 4 nitrogen and oxygen atoms in total. The lowest BCUT2D eigenvalue weighted by atomic mass is 9.97. The average molecular weight is 325 g/mol. The minimum Gasteiger partial charge on any atom is -0.507 e. The minimum absolute atomic E-state index is 0.0530. The van der Waals surface area contributed by atoms with Gasteiger partial charge in [0.2, 0.25) is 0 Å². The second-order valence-electron chi connectivity index (χ2n) is 5.81. The highest BCUT2D eigenvalue weighted by atomic mass is 16.3. The number of aryl methyl sites for hydroxylation is 1. The van der Waals surface area contributed by atoms with Crippen LogP contribution in [0, 0.1) is 6.92 Å². The molecule has 2 aromatic rings. The van der Waals surface area contributed by atoms with Crippen LogP contribution in [0.1, 0.15) is 52.6 Å². The molecule has 0 aliphatic carbocycles. The van der Waals surface area contributed by atoms with Crippen molar-refractivity contribution in [3.63, 3.8) is 0 Å². The van der Waals surface area contributed by atoms with E-state index in [0.29, 0.717) is 11.1 Å². The first-order chi connectivity index (χ1) is 11.4. The van der Waals surface area contributed by atoms with Gasteiger partial charge in [0.05, 0.1) is 5.56 Å². The largest absolute Gasteiger partial charge is 0.507 e. The molecular weight excluding hydrogens is 302 g/mol. The molecular formula is C20H23NO3. The number of anilines is 1. The van der Waals surface area contributed by atoms with Crippen LogP contribution in [0.15, 0.2) is 36.4 Å². The lowest BCUT2D eigenvalue weighted by molar-refractivity contribution is 0.101. The number of phenolic OH excluding ortho intramolecular Hbond substituents is 1. The Bertz CT molecular complexity index is 776. The molecule has 0 fully saturated rings. The maximum Gasteiger partial charge on any atom is 0.196 e. The zero-order valence-corrected chi connectivity index (χ0v) is 14.6. The van der Waals surface area contributed by atoms with E-state index in [1.54, 1.807) is 24.3 Å². The van der Waals surface area contributed by atoms with E-state index in [1.807, 2.05) is 26.8 Å². The summed E-state index contributed by atoms with van der Waals surface area (Å²) in [4.78, 5) is 26.9. The van der Waals surface area contributed by atoms with Crippen molar-refractivity contribution in [2.75, 3.05) is 18.0 Å². The van der Waals surface area contributed by atoms with Crippen LogP contribution in [0.2, 0.25) is 0 Å². The van der Waals surface area contributed by atoms with Gasteiger partial charge in [-0.25, -0.2) is 0 Å². The summed E-state index contributed by atoms with van der Waals surface area (Å²) in [6.45, 7) is 8.97. The van der Waals surface area contributed by atoms with Crippen LogP contribution in [-0.4, -0.2) is 29.8 Å². The second kappa shape index (κ2) is 7.30. The lowest BCUT2D eigenvalue weighted by Gasteiger charge is -2.23. The Hall–Kier alpha value is -2.62. The van der Waals surface area contributed by atoms with Gasteiger partial charge in [-0.05, 0) is 58.0 Å². The van der Waals surface area contributed by atoms with Gasteiger partial charge in [0.1, 0.15) is 5.75 Å². The number of phenols is 1. The Kier molecular flexibility index (Phi) is 5.39. The topological polar surface area (TPSA) is 57.6 Å². The van der Waals surface area contributed by atoms with Crippen LogP contribution < -0.4 is 4.90 Å². The van der Waals surface area contributed by atoms with Crippen molar-refractivity contribution in [2.24, 2.45) is 0 Å². The van der Waals surface area contributed by atoms with E-state index in [4.69, 9.17) is 0 Å². The van der Waals surface area contributed by atoms with Crippen molar-refractivity contribution >= 4 is 17.3 Å². The van der Waals surface area contributed by atoms with E-state index in [1.165, 1.54) is 13.0 Å². The fourth-order valence-electron chi connectivity index (χ4n) is 2.79. The molecule has 4 heteroatoms. The molecule has 0 amide bonds. The Morgan fingerprint density at radius 3 is 2.25 bits per heavy atom. The number of ketones is 2. The molecule has 0 unspecified atom stereocenters. The van der Waals surface area contributed by atoms with Crippen molar-refractivity contribution in [3.05, 3.63) is 58.7 Å². The van der Waals surface area contributed by atoms with E-state index in [2.05, 4.69) is 4.90 Å². The molecule has 0 spiro atoms. The van der Waals surface area contributed by atoms with Crippen molar-refractivity contribution in [3.8, 4) is 5.75 Å². The summed E-state index contributed by atoms with van der Waals surface area (Å²) < 4.78 is 0. The van der Waals surface area contributed by atoms with E-state index in [-0.39, 0.29) is 22.9 Å². The fraction of sp³-hybridized carbons (Fsp3) is 0.300. The first-order valence-electron chi connectivity index (χ1n) is 8.13. The maximum absolute atomic E-state index is 12.7. The van der Waals surface area contributed by atoms with Gasteiger partial charge in [-0.1, -0.05) is 11.6 Å². The third-order valence-corrected chi connectivity index (χ3v) is 4.14. The van der Waals surface area contributed by atoms with Gasteiger partial charge in [0, 0.05) is 29.9 Å². The van der Waals surface area contributed by atoms with Crippen molar-refractivity contribution in [2.45, 2.75) is 27.7 Å². The summed E-state index contributed by atoms with van der Waals surface area (Å²) in [6, 6.07) is 10.1. The molecule has 24 heavy (non-hydrogen) atoms. The highest BCUT2D eigenvalue weighted by Gasteiger charge is 2.18. The standard InChI is InChI=1S/C20H23NO3/c1-5-21(6-2)18-9-8-15(12-16(18)14(4)22)20(24)17-11-13(3)7-10-19(17)23/h7-12,23H,5-6H2,1-4H3. The molecule has 2 aromatic carbocycles.